The van der Waals surface area contributed by atoms with Gasteiger partial charge in [-0.25, -0.2) is 4.79 Å². The van der Waals surface area contributed by atoms with Gasteiger partial charge < -0.3 is 24.5 Å². The van der Waals surface area contributed by atoms with Gasteiger partial charge in [-0.3, -0.25) is 9.59 Å². The largest absolute Gasteiger partial charge is 0.492 e. The molecule has 0 aromatic carbocycles. The van der Waals surface area contributed by atoms with Crippen LogP contribution in [-0.4, -0.2) is 46.7 Å². The Hall–Kier alpha value is -3.23. The molecule has 9 heteroatoms. The topological polar surface area (TPSA) is 124 Å². The molecule has 1 aromatic heterocycles. The SMILES string of the molecule is COC1=C(OC)C(=O)C(C(C)(C)CC(=O)On2c(O)ccc2O)=C(C)C1=O. The highest BCUT2D eigenvalue weighted by molar-refractivity contribution is 6.24. The molecule has 0 saturated heterocycles. The number of carbonyl (C=O) groups is 3. The van der Waals surface area contributed by atoms with Gasteiger partial charge in [-0.2, -0.15) is 0 Å². The van der Waals surface area contributed by atoms with Gasteiger partial charge in [-0.15, -0.1) is 4.73 Å². The fourth-order valence-corrected chi connectivity index (χ4v) is 3.04. The molecule has 1 aromatic rings. The first-order chi connectivity index (χ1) is 12.5. The fraction of sp³-hybridized carbons (Fsp3) is 0.389. The molecule has 0 radical (unpaired) electrons. The van der Waals surface area contributed by atoms with E-state index in [2.05, 4.69) is 0 Å². The maximum atomic E-state index is 12.8. The second-order valence-corrected chi connectivity index (χ2v) is 6.59. The molecule has 0 saturated carbocycles. The lowest BCUT2D eigenvalue weighted by Gasteiger charge is -2.31. The highest BCUT2D eigenvalue weighted by atomic mass is 16.7. The Morgan fingerprint density at radius 2 is 1.52 bits per heavy atom. The Kier molecular flexibility index (Phi) is 5.34. The van der Waals surface area contributed by atoms with Crippen molar-refractivity contribution in [3.63, 3.8) is 0 Å². The van der Waals surface area contributed by atoms with E-state index in [-0.39, 0.29) is 29.1 Å². The van der Waals surface area contributed by atoms with Crippen LogP contribution in [0.2, 0.25) is 0 Å². The molecule has 9 nitrogen and oxygen atoms in total. The third-order valence-corrected chi connectivity index (χ3v) is 4.22. The third kappa shape index (κ3) is 3.53. The number of hydrogen-bond donors (Lipinski definition) is 2. The van der Waals surface area contributed by atoms with Gasteiger partial charge in [0.25, 0.3) is 0 Å². The molecule has 0 atom stereocenters. The molecular weight excluding hydrogens is 358 g/mol. The predicted octanol–water partition coefficient (Wildman–Crippen LogP) is 1.24. The van der Waals surface area contributed by atoms with E-state index in [1.54, 1.807) is 13.8 Å². The number of aromatic hydroxyl groups is 2. The normalized spacial score (nSPS) is 15.3. The summed E-state index contributed by atoms with van der Waals surface area (Å²) in [6.45, 7) is 4.66. The third-order valence-electron chi connectivity index (χ3n) is 4.22. The standard InChI is InChI=1S/C18H21NO8/c1-9-13(15(24)17(26-5)16(25-4)14(9)23)18(2,3)8-12(22)27-19-10(20)6-7-11(19)21/h6-7,20-21H,8H2,1-5H3. The molecule has 0 fully saturated rings. The molecule has 0 bridgehead atoms. The molecule has 27 heavy (non-hydrogen) atoms. The van der Waals surface area contributed by atoms with E-state index in [0.717, 1.165) is 12.1 Å². The Bertz CT molecular complexity index is 852. The molecule has 0 unspecified atom stereocenters. The lowest BCUT2D eigenvalue weighted by Crippen LogP contribution is -2.35. The van der Waals surface area contributed by atoms with Crippen molar-refractivity contribution in [1.82, 2.24) is 4.73 Å². The number of methoxy groups -OCH3 is 2. The van der Waals surface area contributed by atoms with E-state index >= 15 is 0 Å². The molecule has 0 amide bonds. The molecule has 1 aliphatic carbocycles. The maximum Gasteiger partial charge on any atom is 0.334 e. The number of aromatic nitrogens is 1. The van der Waals surface area contributed by atoms with E-state index in [1.807, 2.05) is 0 Å². The molecular formula is C18H21NO8. The minimum absolute atomic E-state index is 0.100. The van der Waals surface area contributed by atoms with Gasteiger partial charge in [-0.1, -0.05) is 13.8 Å². The minimum atomic E-state index is -1.10. The molecule has 146 valence electrons. The quantitative estimate of drug-likeness (QED) is 0.708. The second kappa shape index (κ2) is 7.18. The van der Waals surface area contributed by atoms with Crippen LogP contribution in [0.3, 0.4) is 0 Å². The summed E-state index contributed by atoms with van der Waals surface area (Å²) < 4.78 is 10.6. The zero-order chi connectivity index (χ0) is 20.5. The molecule has 1 aliphatic rings. The van der Waals surface area contributed by atoms with Crippen molar-refractivity contribution < 1.29 is 38.9 Å². The number of hydrogen-bond acceptors (Lipinski definition) is 8. The molecule has 2 N–H and O–H groups in total. The maximum absolute atomic E-state index is 12.8. The van der Waals surface area contributed by atoms with Gasteiger partial charge in [0.2, 0.25) is 34.8 Å². The predicted molar refractivity (Wildman–Crippen MR) is 91.5 cm³/mol. The van der Waals surface area contributed by atoms with Crippen molar-refractivity contribution >= 4 is 17.5 Å². The van der Waals surface area contributed by atoms with E-state index in [9.17, 15) is 24.6 Å². The average Bonchev–Trinajstić information content (AvgIpc) is 2.89. The van der Waals surface area contributed by atoms with Gasteiger partial charge >= 0.3 is 5.97 Å². The highest BCUT2D eigenvalue weighted by Gasteiger charge is 2.42. The van der Waals surface area contributed by atoms with E-state index in [4.69, 9.17) is 14.3 Å². The fourth-order valence-electron chi connectivity index (χ4n) is 3.04. The Labute approximate surface area is 155 Å². The van der Waals surface area contributed by atoms with Crippen LogP contribution in [0.1, 0.15) is 27.2 Å². The monoisotopic (exact) mass is 379 g/mol. The first-order valence-electron chi connectivity index (χ1n) is 7.99. The minimum Gasteiger partial charge on any atom is -0.492 e. The zero-order valence-electron chi connectivity index (χ0n) is 15.7. The van der Waals surface area contributed by atoms with E-state index < -0.39 is 34.7 Å². The van der Waals surface area contributed by atoms with Gasteiger partial charge in [0, 0.05) is 28.7 Å². The molecule has 2 rings (SSSR count). The Morgan fingerprint density at radius 3 is 2.00 bits per heavy atom. The summed E-state index contributed by atoms with van der Waals surface area (Å²) >= 11 is 0. The average molecular weight is 379 g/mol. The molecule has 1 heterocycles. The van der Waals surface area contributed by atoms with Gasteiger partial charge in [0.1, 0.15) is 0 Å². The van der Waals surface area contributed by atoms with Crippen LogP contribution in [0, 0.1) is 5.41 Å². The highest BCUT2D eigenvalue weighted by Crippen LogP contribution is 2.39. The number of ketones is 2. The summed E-state index contributed by atoms with van der Waals surface area (Å²) in [5, 5.41) is 19.1. The lowest BCUT2D eigenvalue weighted by molar-refractivity contribution is -0.147. The van der Waals surface area contributed by atoms with Gasteiger partial charge in [0.15, 0.2) is 0 Å². The van der Waals surface area contributed by atoms with Crippen molar-refractivity contribution in [2.75, 3.05) is 14.2 Å². The van der Waals surface area contributed by atoms with Crippen molar-refractivity contribution in [3.8, 4) is 11.8 Å². The lowest BCUT2D eigenvalue weighted by atomic mass is 9.73. The number of allylic oxidation sites excluding steroid dienone is 2. The summed E-state index contributed by atoms with van der Waals surface area (Å²) in [7, 11) is 2.51. The first kappa shape index (κ1) is 20.1. The second-order valence-electron chi connectivity index (χ2n) is 6.59. The van der Waals surface area contributed by atoms with Crippen LogP contribution < -0.4 is 4.84 Å². The summed E-state index contributed by atoms with van der Waals surface area (Å²) in [6, 6.07) is 2.29. The number of rotatable bonds is 6. The van der Waals surface area contributed by atoms with Crippen LogP contribution in [0.4, 0.5) is 0 Å². The van der Waals surface area contributed by atoms with Gasteiger partial charge in [0.05, 0.1) is 20.6 Å². The van der Waals surface area contributed by atoms with Crippen LogP contribution in [0.5, 0.6) is 11.8 Å². The number of ether oxygens (including phenoxy) is 2. The van der Waals surface area contributed by atoms with Crippen LogP contribution >= 0.6 is 0 Å². The number of Topliss-reactive ketones (excluding diaryl/α,β-unsaturated/α-hetero) is 2. The van der Waals surface area contributed by atoms with Gasteiger partial charge in [-0.05, 0) is 6.92 Å². The summed E-state index contributed by atoms with van der Waals surface area (Å²) in [5.41, 5.74) is -0.861. The zero-order valence-corrected chi connectivity index (χ0v) is 15.7. The number of carbonyl (C=O) groups excluding carboxylic acids is 3. The van der Waals surface area contributed by atoms with Crippen molar-refractivity contribution in [3.05, 3.63) is 34.8 Å². The van der Waals surface area contributed by atoms with Crippen molar-refractivity contribution in [2.45, 2.75) is 27.2 Å². The smallest absolute Gasteiger partial charge is 0.334 e. The first-order valence-corrected chi connectivity index (χ1v) is 7.99. The summed E-state index contributed by atoms with van der Waals surface area (Å²) in [4.78, 5) is 42.5. The molecule has 0 aliphatic heterocycles. The Balaban J connectivity index is 2.32. The molecule has 0 spiro atoms. The van der Waals surface area contributed by atoms with Crippen molar-refractivity contribution in [1.29, 1.82) is 0 Å². The number of nitrogens with zero attached hydrogens (tertiary/aromatic N) is 1. The van der Waals surface area contributed by atoms with E-state index in [0.29, 0.717) is 4.73 Å². The summed E-state index contributed by atoms with van der Waals surface area (Å²) in [6.07, 6.45) is -0.310. The van der Waals surface area contributed by atoms with E-state index in [1.165, 1.54) is 21.1 Å². The van der Waals surface area contributed by atoms with Crippen LogP contribution in [0.15, 0.2) is 34.8 Å². The summed E-state index contributed by atoms with van der Waals surface area (Å²) in [5.74, 6) is -3.25. The van der Waals surface area contributed by atoms with Crippen molar-refractivity contribution in [2.24, 2.45) is 5.41 Å². The van der Waals surface area contributed by atoms with Crippen LogP contribution in [-0.2, 0) is 23.9 Å². The van der Waals surface area contributed by atoms with Crippen LogP contribution in [0.25, 0.3) is 0 Å². The Morgan fingerprint density at radius 1 is 1.04 bits per heavy atom.